The van der Waals surface area contributed by atoms with Crippen LogP contribution in [0.1, 0.15) is 17.3 Å². The van der Waals surface area contributed by atoms with Gasteiger partial charge in [-0.05, 0) is 19.1 Å². The molecule has 0 fully saturated rings. The van der Waals surface area contributed by atoms with Gasteiger partial charge in [0.05, 0.1) is 17.9 Å². The lowest BCUT2D eigenvalue weighted by Gasteiger charge is -2.07. The van der Waals surface area contributed by atoms with E-state index in [1.807, 2.05) is 6.92 Å². The van der Waals surface area contributed by atoms with Crippen LogP contribution in [-0.4, -0.2) is 17.9 Å². The van der Waals surface area contributed by atoms with Crippen LogP contribution in [0.2, 0.25) is 0 Å². The number of hydrogen-bond donors (Lipinski definition) is 0. The van der Waals surface area contributed by atoms with E-state index in [-0.39, 0.29) is 5.56 Å². The number of carbonyl (C=O) groups is 1. The topological polar surface area (TPSA) is 39.2 Å². The van der Waals surface area contributed by atoms with E-state index < -0.39 is 5.82 Å². The number of halogens is 1. The van der Waals surface area contributed by atoms with Crippen LogP contribution in [0.25, 0.3) is 11.3 Å². The lowest BCUT2D eigenvalue weighted by atomic mass is 10.0. The van der Waals surface area contributed by atoms with Crippen LogP contribution in [0.5, 0.6) is 5.75 Å². The van der Waals surface area contributed by atoms with E-state index in [9.17, 15) is 9.18 Å². The van der Waals surface area contributed by atoms with Crippen molar-refractivity contribution >= 4 is 6.29 Å². The highest BCUT2D eigenvalue weighted by Crippen LogP contribution is 2.25. The van der Waals surface area contributed by atoms with Crippen LogP contribution in [0, 0.1) is 5.82 Å². The Morgan fingerprint density at radius 3 is 2.94 bits per heavy atom. The summed E-state index contributed by atoms with van der Waals surface area (Å²) in [6.07, 6.45) is 2.07. The summed E-state index contributed by atoms with van der Waals surface area (Å²) in [6, 6.07) is 7.86. The molecule has 0 N–H and O–H groups in total. The Balaban J connectivity index is 2.51. The first-order valence-electron chi connectivity index (χ1n) is 5.59. The second kappa shape index (κ2) is 5.40. The molecule has 3 nitrogen and oxygen atoms in total. The third-order valence-electron chi connectivity index (χ3n) is 2.49. The quantitative estimate of drug-likeness (QED) is 0.777. The molecule has 0 radical (unpaired) electrons. The summed E-state index contributed by atoms with van der Waals surface area (Å²) in [5, 5.41) is 0. The second-order valence-electron chi connectivity index (χ2n) is 3.63. The molecule has 0 bridgehead atoms. The molecule has 0 aliphatic carbocycles. The molecular weight excluding hydrogens is 233 g/mol. The maximum Gasteiger partial charge on any atom is 0.153 e. The zero-order valence-electron chi connectivity index (χ0n) is 9.89. The van der Waals surface area contributed by atoms with Gasteiger partial charge in [0.25, 0.3) is 0 Å². The Hall–Kier alpha value is -2.23. The average molecular weight is 245 g/mol. The van der Waals surface area contributed by atoms with Crippen molar-refractivity contribution in [1.82, 2.24) is 4.98 Å². The van der Waals surface area contributed by atoms with E-state index in [0.717, 1.165) is 0 Å². The molecule has 0 aliphatic rings. The van der Waals surface area contributed by atoms with Crippen LogP contribution in [0.15, 0.2) is 36.5 Å². The lowest BCUT2D eigenvalue weighted by Crippen LogP contribution is -1.96. The zero-order valence-corrected chi connectivity index (χ0v) is 9.89. The molecule has 2 rings (SSSR count). The molecule has 0 spiro atoms. The Labute approximate surface area is 104 Å². The van der Waals surface area contributed by atoms with Crippen LogP contribution in [-0.2, 0) is 0 Å². The standard InChI is InChI=1S/C14H12FNO2/c1-2-18-10-6-7-16-14(8-10)11-4-3-5-13(15)12(11)9-17/h3-9H,2H2,1H3. The number of pyridine rings is 1. The summed E-state index contributed by atoms with van der Waals surface area (Å²) in [4.78, 5) is 15.1. The van der Waals surface area contributed by atoms with Gasteiger partial charge >= 0.3 is 0 Å². The lowest BCUT2D eigenvalue weighted by molar-refractivity contribution is 0.112. The maximum atomic E-state index is 13.5. The predicted octanol–water partition coefficient (Wildman–Crippen LogP) is 3.10. The van der Waals surface area contributed by atoms with Crippen molar-refractivity contribution in [3.63, 3.8) is 0 Å². The molecule has 0 unspecified atom stereocenters. The van der Waals surface area contributed by atoms with Crippen LogP contribution in [0.3, 0.4) is 0 Å². The van der Waals surface area contributed by atoms with Gasteiger partial charge in [0, 0.05) is 17.8 Å². The molecule has 1 aromatic carbocycles. The number of ether oxygens (including phenoxy) is 1. The van der Waals surface area contributed by atoms with Crippen molar-refractivity contribution in [1.29, 1.82) is 0 Å². The fraction of sp³-hybridized carbons (Fsp3) is 0.143. The van der Waals surface area contributed by atoms with Gasteiger partial charge < -0.3 is 4.74 Å². The van der Waals surface area contributed by atoms with Gasteiger partial charge in [-0.1, -0.05) is 12.1 Å². The number of nitrogens with zero attached hydrogens (tertiary/aromatic N) is 1. The number of rotatable bonds is 4. The molecule has 1 aromatic heterocycles. The van der Waals surface area contributed by atoms with Gasteiger partial charge in [0.1, 0.15) is 11.6 Å². The van der Waals surface area contributed by atoms with Gasteiger partial charge in [-0.25, -0.2) is 4.39 Å². The van der Waals surface area contributed by atoms with Gasteiger partial charge in [-0.3, -0.25) is 9.78 Å². The fourth-order valence-corrected chi connectivity index (χ4v) is 1.70. The molecule has 1 heterocycles. The molecule has 92 valence electrons. The normalized spacial score (nSPS) is 10.1. The molecule has 2 aromatic rings. The Morgan fingerprint density at radius 2 is 2.22 bits per heavy atom. The number of hydrogen-bond acceptors (Lipinski definition) is 3. The first kappa shape index (κ1) is 12.2. The number of carbonyl (C=O) groups excluding carboxylic acids is 1. The highest BCUT2D eigenvalue weighted by Gasteiger charge is 2.10. The van der Waals surface area contributed by atoms with Gasteiger partial charge in [-0.2, -0.15) is 0 Å². The Kier molecular flexibility index (Phi) is 3.67. The van der Waals surface area contributed by atoms with Crippen LogP contribution >= 0.6 is 0 Å². The van der Waals surface area contributed by atoms with Crippen molar-refractivity contribution in [2.75, 3.05) is 6.61 Å². The van der Waals surface area contributed by atoms with Gasteiger partial charge in [0.15, 0.2) is 6.29 Å². The molecule has 0 atom stereocenters. The fourth-order valence-electron chi connectivity index (χ4n) is 1.70. The van der Waals surface area contributed by atoms with E-state index in [2.05, 4.69) is 4.98 Å². The zero-order chi connectivity index (χ0) is 13.0. The monoisotopic (exact) mass is 245 g/mol. The predicted molar refractivity (Wildman–Crippen MR) is 66.2 cm³/mol. The minimum atomic E-state index is -0.550. The highest BCUT2D eigenvalue weighted by atomic mass is 19.1. The summed E-state index contributed by atoms with van der Waals surface area (Å²) >= 11 is 0. The molecule has 0 amide bonds. The first-order chi connectivity index (χ1) is 8.76. The third-order valence-corrected chi connectivity index (χ3v) is 2.49. The summed E-state index contributed by atoms with van der Waals surface area (Å²) in [7, 11) is 0. The first-order valence-corrected chi connectivity index (χ1v) is 5.59. The molecular formula is C14H12FNO2. The number of aldehydes is 1. The van der Waals surface area contributed by atoms with Crippen molar-refractivity contribution in [2.24, 2.45) is 0 Å². The molecule has 0 aliphatic heterocycles. The van der Waals surface area contributed by atoms with Gasteiger partial charge in [-0.15, -0.1) is 0 Å². The minimum Gasteiger partial charge on any atom is -0.494 e. The SMILES string of the molecule is CCOc1ccnc(-c2cccc(F)c2C=O)c1. The maximum absolute atomic E-state index is 13.5. The highest BCUT2D eigenvalue weighted by molar-refractivity contribution is 5.87. The molecule has 0 saturated carbocycles. The smallest absolute Gasteiger partial charge is 0.153 e. The van der Waals surface area contributed by atoms with Crippen molar-refractivity contribution in [3.8, 4) is 17.0 Å². The van der Waals surface area contributed by atoms with E-state index in [4.69, 9.17) is 4.74 Å². The van der Waals surface area contributed by atoms with E-state index in [1.165, 1.54) is 6.07 Å². The van der Waals surface area contributed by atoms with E-state index >= 15 is 0 Å². The summed E-state index contributed by atoms with van der Waals surface area (Å²) < 4.78 is 18.8. The van der Waals surface area contributed by atoms with Crippen LogP contribution < -0.4 is 4.74 Å². The molecule has 0 saturated heterocycles. The van der Waals surface area contributed by atoms with Crippen molar-refractivity contribution in [3.05, 3.63) is 47.9 Å². The van der Waals surface area contributed by atoms with Crippen molar-refractivity contribution < 1.29 is 13.9 Å². The summed E-state index contributed by atoms with van der Waals surface area (Å²) in [5.74, 6) is 0.0923. The average Bonchev–Trinajstić information content (AvgIpc) is 2.39. The largest absolute Gasteiger partial charge is 0.494 e. The van der Waals surface area contributed by atoms with Crippen molar-refractivity contribution in [2.45, 2.75) is 6.92 Å². The number of aromatic nitrogens is 1. The Bertz CT molecular complexity index is 569. The third kappa shape index (κ3) is 2.37. The summed E-state index contributed by atoms with van der Waals surface area (Å²) in [6.45, 7) is 2.41. The summed E-state index contributed by atoms with van der Waals surface area (Å²) in [5.41, 5.74) is 0.993. The van der Waals surface area contributed by atoms with E-state index in [0.29, 0.717) is 29.9 Å². The Morgan fingerprint density at radius 1 is 1.39 bits per heavy atom. The van der Waals surface area contributed by atoms with E-state index in [1.54, 1.807) is 30.5 Å². The second-order valence-corrected chi connectivity index (χ2v) is 3.63. The van der Waals surface area contributed by atoms with Gasteiger partial charge in [0.2, 0.25) is 0 Å². The number of benzene rings is 1. The minimum absolute atomic E-state index is 0.0126. The molecule has 4 heteroatoms. The van der Waals surface area contributed by atoms with Crippen LogP contribution in [0.4, 0.5) is 4.39 Å². The molecule has 18 heavy (non-hydrogen) atoms.